The van der Waals surface area contributed by atoms with Crippen LogP contribution in [0, 0.1) is 0 Å². The first kappa shape index (κ1) is 9.50. The van der Waals surface area contributed by atoms with Gasteiger partial charge in [-0.3, -0.25) is 0 Å². The maximum atomic E-state index is 5.35. The first-order valence-electron chi connectivity index (χ1n) is 3.60. The number of hydrogen-bond donors (Lipinski definition) is 1. The van der Waals surface area contributed by atoms with Gasteiger partial charge in [-0.15, -0.1) is 0 Å². The van der Waals surface area contributed by atoms with E-state index in [2.05, 4.69) is 11.9 Å². The van der Waals surface area contributed by atoms with Gasteiger partial charge < -0.3 is 10.1 Å². The van der Waals surface area contributed by atoms with Crippen LogP contribution in [0.4, 0.5) is 0 Å². The molecule has 2 heteroatoms. The van der Waals surface area contributed by atoms with Gasteiger partial charge in [0.2, 0.25) is 0 Å². The molecule has 0 spiro atoms. The van der Waals surface area contributed by atoms with Gasteiger partial charge in [0.15, 0.2) is 0 Å². The van der Waals surface area contributed by atoms with Crippen molar-refractivity contribution in [2.45, 2.75) is 32.9 Å². The summed E-state index contributed by atoms with van der Waals surface area (Å²) in [5.41, 5.74) is 0. The number of likely N-dealkylation sites (N-methyl/N-ethyl adjacent to an activating group) is 1. The van der Waals surface area contributed by atoms with Gasteiger partial charge in [0.05, 0.1) is 12.1 Å². The van der Waals surface area contributed by atoms with Gasteiger partial charge in [0.25, 0.3) is 0 Å². The van der Waals surface area contributed by atoms with Crippen molar-refractivity contribution in [3.63, 3.8) is 0 Å². The molecule has 0 aromatic heterocycles. The molecule has 1 unspecified atom stereocenters. The van der Waals surface area contributed by atoms with Crippen molar-refractivity contribution in [3.8, 4) is 0 Å². The topological polar surface area (TPSA) is 21.3 Å². The van der Waals surface area contributed by atoms with Gasteiger partial charge in [-0.25, -0.2) is 0 Å². The minimum atomic E-state index is 0.225. The maximum absolute atomic E-state index is 5.35. The van der Waals surface area contributed by atoms with E-state index in [-0.39, 0.29) is 12.1 Å². The summed E-state index contributed by atoms with van der Waals surface area (Å²) in [6, 6.07) is 0.238. The van der Waals surface area contributed by atoms with Crippen molar-refractivity contribution in [3.05, 3.63) is 12.3 Å². The molecule has 0 aliphatic heterocycles. The first-order chi connectivity index (χ1) is 4.57. The summed E-state index contributed by atoms with van der Waals surface area (Å²) in [4.78, 5) is 0. The fourth-order valence-electron chi connectivity index (χ4n) is 0.566. The van der Waals surface area contributed by atoms with Gasteiger partial charge in [-0.05, 0) is 27.8 Å². The Morgan fingerprint density at radius 2 is 1.90 bits per heavy atom. The maximum Gasteiger partial charge on any atom is 0.106 e. The molecule has 2 nitrogen and oxygen atoms in total. The van der Waals surface area contributed by atoms with E-state index < -0.39 is 0 Å². The second-order valence-corrected chi connectivity index (χ2v) is 2.64. The smallest absolute Gasteiger partial charge is 0.106 e. The molecule has 60 valence electrons. The van der Waals surface area contributed by atoms with Crippen molar-refractivity contribution in [2.24, 2.45) is 0 Å². The summed E-state index contributed by atoms with van der Waals surface area (Å²) in [7, 11) is 1.89. The molecule has 0 bridgehead atoms. The normalized spacial score (nSPS) is 13.3. The van der Waals surface area contributed by atoms with Crippen LogP contribution in [0.1, 0.15) is 20.8 Å². The van der Waals surface area contributed by atoms with Crippen LogP contribution in [-0.2, 0) is 4.74 Å². The lowest BCUT2D eigenvalue weighted by Gasteiger charge is -2.17. The highest BCUT2D eigenvalue weighted by Crippen LogP contribution is 2.03. The molecule has 10 heavy (non-hydrogen) atoms. The second kappa shape index (κ2) is 4.34. The van der Waals surface area contributed by atoms with E-state index in [9.17, 15) is 0 Å². The van der Waals surface area contributed by atoms with Crippen LogP contribution in [-0.4, -0.2) is 19.2 Å². The fraction of sp³-hybridized carbons (Fsp3) is 0.750. The lowest BCUT2D eigenvalue weighted by Crippen LogP contribution is -2.25. The Hall–Kier alpha value is -0.500. The van der Waals surface area contributed by atoms with Crippen LogP contribution in [0.2, 0.25) is 0 Å². The van der Waals surface area contributed by atoms with E-state index in [1.54, 1.807) is 0 Å². The molecule has 0 aliphatic carbocycles. The van der Waals surface area contributed by atoms with E-state index in [1.807, 2.05) is 27.8 Å². The zero-order valence-corrected chi connectivity index (χ0v) is 7.27. The van der Waals surface area contributed by atoms with Gasteiger partial charge in [-0.1, -0.05) is 6.58 Å². The zero-order chi connectivity index (χ0) is 8.15. The van der Waals surface area contributed by atoms with E-state index >= 15 is 0 Å². The highest BCUT2D eigenvalue weighted by atomic mass is 16.5. The summed E-state index contributed by atoms with van der Waals surface area (Å²) < 4.78 is 5.35. The first-order valence-corrected chi connectivity index (χ1v) is 3.60. The van der Waals surface area contributed by atoms with Gasteiger partial charge in [-0.2, -0.15) is 0 Å². The standard InChI is InChI=1S/C8H17NO/c1-6(2)10-8(4)7(3)9-5/h6-7,9H,4H2,1-3,5H3. The predicted octanol–water partition coefficient (Wildman–Crippen LogP) is 1.53. The summed E-state index contributed by atoms with van der Waals surface area (Å²) >= 11 is 0. The Labute approximate surface area is 63.3 Å². The average molecular weight is 143 g/mol. The number of nitrogens with one attached hydrogen (secondary N) is 1. The predicted molar refractivity (Wildman–Crippen MR) is 43.9 cm³/mol. The van der Waals surface area contributed by atoms with Gasteiger partial charge >= 0.3 is 0 Å². The Bertz CT molecular complexity index is 110. The third-order valence-corrected chi connectivity index (χ3v) is 1.30. The third-order valence-electron chi connectivity index (χ3n) is 1.30. The van der Waals surface area contributed by atoms with E-state index in [1.165, 1.54) is 0 Å². The molecule has 0 fully saturated rings. The monoisotopic (exact) mass is 143 g/mol. The molecule has 0 heterocycles. The quantitative estimate of drug-likeness (QED) is 0.603. The van der Waals surface area contributed by atoms with Crippen molar-refractivity contribution in [2.75, 3.05) is 7.05 Å². The number of ether oxygens (including phenoxy) is 1. The van der Waals surface area contributed by atoms with Crippen LogP contribution < -0.4 is 5.32 Å². The minimum Gasteiger partial charge on any atom is -0.494 e. The average Bonchev–Trinajstić information content (AvgIpc) is 1.85. The number of rotatable bonds is 4. The third kappa shape index (κ3) is 3.51. The van der Waals surface area contributed by atoms with Crippen LogP contribution >= 0.6 is 0 Å². The Morgan fingerprint density at radius 1 is 1.40 bits per heavy atom. The molecule has 1 atom stereocenters. The Kier molecular flexibility index (Phi) is 4.12. The molecule has 0 amide bonds. The van der Waals surface area contributed by atoms with Gasteiger partial charge in [0, 0.05) is 0 Å². The highest BCUT2D eigenvalue weighted by Gasteiger charge is 2.05. The highest BCUT2D eigenvalue weighted by molar-refractivity contribution is 4.93. The lowest BCUT2D eigenvalue weighted by atomic mass is 10.3. The molecular formula is C8H17NO. The molecule has 0 saturated carbocycles. The largest absolute Gasteiger partial charge is 0.494 e. The lowest BCUT2D eigenvalue weighted by molar-refractivity contribution is 0.132. The van der Waals surface area contributed by atoms with E-state index in [0.717, 1.165) is 5.76 Å². The molecule has 0 aromatic carbocycles. The van der Waals surface area contributed by atoms with Crippen molar-refractivity contribution in [1.29, 1.82) is 0 Å². The Balaban J connectivity index is 3.62. The van der Waals surface area contributed by atoms with Crippen molar-refractivity contribution in [1.82, 2.24) is 5.32 Å². The molecule has 0 saturated heterocycles. The van der Waals surface area contributed by atoms with Crippen LogP contribution in [0.15, 0.2) is 12.3 Å². The summed E-state index contributed by atoms with van der Waals surface area (Å²) in [5.74, 6) is 0.803. The van der Waals surface area contributed by atoms with E-state index in [0.29, 0.717) is 0 Å². The van der Waals surface area contributed by atoms with Crippen LogP contribution in [0.5, 0.6) is 0 Å². The van der Waals surface area contributed by atoms with Gasteiger partial charge in [0.1, 0.15) is 5.76 Å². The Morgan fingerprint density at radius 3 is 2.20 bits per heavy atom. The molecule has 0 aliphatic rings. The van der Waals surface area contributed by atoms with Crippen LogP contribution in [0.3, 0.4) is 0 Å². The SMILES string of the molecule is C=C(OC(C)C)C(C)NC. The molecule has 0 rings (SSSR count). The molecule has 1 N–H and O–H groups in total. The summed E-state index contributed by atoms with van der Waals surface area (Å²) in [6.07, 6.45) is 0.225. The summed E-state index contributed by atoms with van der Waals surface area (Å²) in [6.45, 7) is 9.79. The van der Waals surface area contributed by atoms with Crippen molar-refractivity contribution >= 4 is 0 Å². The molecular weight excluding hydrogens is 126 g/mol. The summed E-state index contributed by atoms with van der Waals surface area (Å²) in [5, 5.41) is 3.05. The fourth-order valence-corrected chi connectivity index (χ4v) is 0.566. The van der Waals surface area contributed by atoms with E-state index in [4.69, 9.17) is 4.74 Å². The molecule has 0 radical (unpaired) electrons. The van der Waals surface area contributed by atoms with Crippen molar-refractivity contribution < 1.29 is 4.74 Å². The molecule has 0 aromatic rings. The number of hydrogen-bond acceptors (Lipinski definition) is 2. The zero-order valence-electron chi connectivity index (χ0n) is 7.27. The van der Waals surface area contributed by atoms with Crippen LogP contribution in [0.25, 0.3) is 0 Å². The minimum absolute atomic E-state index is 0.225. The second-order valence-electron chi connectivity index (χ2n) is 2.64.